The molecule has 46 heavy (non-hydrogen) atoms. The standard InChI is InChI=1S/C33H38F4N4O5/c34-32(35)13-10-22(11-14-32)28(41(31(44)45)17-21-6-2-1-3-7-21)30(43)40-18-23-16-33(36,37)20-39(23)19-26(40)29(42)38-25-12-15-46-27-9-5-4-8-24(25)27/h1-9,22-23,25-26,28H,10-20H2,(H,38,42)(H,44,45)/t23-,25-,26+,28+/m1/s1. The van der Waals surface area contributed by atoms with Gasteiger partial charge in [-0.15, -0.1) is 0 Å². The van der Waals surface area contributed by atoms with E-state index in [0.29, 0.717) is 24.3 Å². The van der Waals surface area contributed by atoms with Crippen molar-refractivity contribution in [2.45, 2.75) is 81.1 Å². The average Bonchev–Trinajstić information content (AvgIpc) is 3.34. The molecule has 6 rings (SSSR count). The minimum Gasteiger partial charge on any atom is -0.493 e. The number of ether oxygens (including phenoxy) is 1. The number of amides is 3. The zero-order valence-corrected chi connectivity index (χ0v) is 25.3. The van der Waals surface area contributed by atoms with Crippen LogP contribution in [-0.2, 0) is 16.1 Å². The molecule has 1 saturated carbocycles. The Hall–Kier alpha value is -3.87. The van der Waals surface area contributed by atoms with Gasteiger partial charge in [-0.25, -0.2) is 22.4 Å². The van der Waals surface area contributed by atoms with E-state index in [9.17, 15) is 37.1 Å². The highest BCUT2D eigenvalue weighted by molar-refractivity contribution is 5.92. The van der Waals surface area contributed by atoms with Crippen molar-refractivity contribution in [3.63, 3.8) is 0 Å². The van der Waals surface area contributed by atoms with E-state index in [0.717, 1.165) is 10.5 Å². The van der Waals surface area contributed by atoms with E-state index in [1.54, 1.807) is 36.4 Å². The summed E-state index contributed by atoms with van der Waals surface area (Å²) in [5.41, 5.74) is 1.35. The van der Waals surface area contributed by atoms with Gasteiger partial charge < -0.3 is 20.1 Å². The number of carboxylic acid groups (broad SMARTS) is 1. The molecular formula is C33H38F4N4O5. The van der Waals surface area contributed by atoms with Crippen molar-refractivity contribution in [2.24, 2.45) is 5.92 Å². The zero-order chi connectivity index (χ0) is 32.6. The minimum atomic E-state index is -3.01. The molecule has 2 saturated heterocycles. The van der Waals surface area contributed by atoms with Crippen molar-refractivity contribution in [2.75, 3.05) is 26.2 Å². The molecule has 2 N–H and O–H groups in total. The Bertz CT molecular complexity index is 1440. The maximum absolute atomic E-state index is 14.7. The molecule has 0 unspecified atom stereocenters. The van der Waals surface area contributed by atoms with Gasteiger partial charge in [0.15, 0.2) is 0 Å². The van der Waals surface area contributed by atoms with E-state index in [2.05, 4.69) is 5.32 Å². The van der Waals surface area contributed by atoms with Crippen LogP contribution in [-0.4, -0.2) is 93.9 Å². The molecule has 3 heterocycles. The predicted molar refractivity (Wildman–Crippen MR) is 159 cm³/mol. The summed E-state index contributed by atoms with van der Waals surface area (Å²) >= 11 is 0. The van der Waals surface area contributed by atoms with Gasteiger partial charge in [-0.1, -0.05) is 48.5 Å². The van der Waals surface area contributed by atoms with Crippen LogP contribution < -0.4 is 10.1 Å². The summed E-state index contributed by atoms with van der Waals surface area (Å²) in [5, 5.41) is 13.4. The van der Waals surface area contributed by atoms with E-state index >= 15 is 0 Å². The number of benzene rings is 2. The van der Waals surface area contributed by atoms with Gasteiger partial charge in [0.25, 0.3) is 5.92 Å². The van der Waals surface area contributed by atoms with Gasteiger partial charge in [0.05, 0.1) is 19.2 Å². The second-order valence-electron chi connectivity index (χ2n) is 12.9. The fraction of sp³-hybridized carbons (Fsp3) is 0.545. The second-order valence-corrected chi connectivity index (χ2v) is 12.9. The number of rotatable bonds is 7. The number of alkyl halides is 4. The van der Waals surface area contributed by atoms with Crippen LogP contribution in [0.4, 0.5) is 22.4 Å². The molecule has 0 bridgehead atoms. The summed E-state index contributed by atoms with van der Waals surface area (Å²) in [6.45, 7) is -0.771. The molecule has 2 aromatic carbocycles. The lowest BCUT2D eigenvalue weighted by atomic mass is 9.80. The molecule has 0 spiro atoms. The topological polar surface area (TPSA) is 102 Å². The van der Waals surface area contributed by atoms with Gasteiger partial charge in [0, 0.05) is 56.9 Å². The number of fused-ring (bicyclic) bond motifs is 2. The monoisotopic (exact) mass is 646 g/mol. The second kappa shape index (κ2) is 12.7. The molecule has 0 aromatic heterocycles. The first-order chi connectivity index (χ1) is 21.9. The van der Waals surface area contributed by atoms with Gasteiger partial charge >= 0.3 is 6.09 Å². The first kappa shape index (κ1) is 32.1. The SMILES string of the molecule is O=C(N[C@@H]1CCOc2ccccc21)[C@@H]1CN2CC(F)(F)C[C@@H]2CN1C(=O)[C@H](C1CCC(F)(F)CC1)N(Cc1ccccc1)C(=O)O. The Morgan fingerprint density at radius 1 is 0.957 bits per heavy atom. The number of halogens is 4. The third-order valence-corrected chi connectivity index (χ3v) is 9.78. The summed E-state index contributed by atoms with van der Waals surface area (Å²) < 4.78 is 63.5. The number of carbonyl (C=O) groups is 3. The van der Waals surface area contributed by atoms with E-state index in [1.807, 2.05) is 18.2 Å². The van der Waals surface area contributed by atoms with E-state index in [1.165, 1.54) is 9.80 Å². The number of piperazine rings is 1. The van der Waals surface area contributed by atoms with Crippen molar-refractivity contribution in [1.82, 2.24) is 20.0 Å². The summed E-state index contributed by atoms with van der Waals surface area (Å²) in [7, 11) is 0. The van der Waals surface area contributed by atoms with Crippen LogP contribution in [0, 0.1) is 5.92 Å². The van der Waals surface area contributed by atoms with E-state index in [-0.39, 0.29) is 32.5 Å². The highest BCUT2D eigenvalue weighted by Gasteiger charge is 2.53. The summed E-state index contributed by atoms with van der Waals surface area (Å²) in [6.07, 6.45) is -2.67. The lowest BCUT2D eigenvalue weighted by Gasteiger charge is -2.46. The largest absolute Gasteiger partial charge is 0.493 e. The minimum absolute atomic E-state index is 0.0981. The Labute approximate surface area is 264 Å². The lowest BCUT2D eigenvalue weighted by Crippen LogP contribution is -2.66. The Balaban J connectivity index is 1.33. The molecule has 0 radical (unpaired) electrons. The van der Waals surface area contributed by atoms with Crippen LogP contribution in [0.25, 0.3) is 0 Å². The van der Waals surface area contributed by atoms with Crippen molar-refractivity contribution < 1.29 is 41.8 Å². The van der Waals surface area contributed by atoms with Crippen LogP contribution in [0.15, 0.2) is 54.6 Å². The third kappa shape index (κ3) is 6.79. The fourth-order valence-electron chi connectivity index (χ4n) is 7.46. The average molecular weight is 647 g/mol. The van der Waals surface area contributed by atoms with Gasteiger partial charge in [0.2, 0.25) is 17.7 Å². The molecule has 4 aliphatic rings. The number of nitrogens with zero attached hydrogens (tertiary/aromatic N) is 3. The normalized spacial score (nSPS) is 26.3. The number of hydrogen-bond donors (Lipinski definition) is 2. The Kier molecular flexibility index (Phi) is 8.88. The van der Waals surface area contributed by atoms with Crippen LogP contribution in [0.3, 0.4) is 0 Å². The van der Waals surface area contributed by atoms with Gasteiger partial charge in [0.1, 0.15) is 17.8 Å². The number of para-hydroxylation sites is 1. The molecule has 3 aliphatic heterocycles. The quantitative estimate of drug-likeness (QED) is 0.415. The van der Waals surface area contributed by atoms with Crippen molar-refractivity contribution in [3.05, 3.63) is 65.7 Å². The van der Waals surface area contributed by atoms with Crippen molar-refractivity contribution in [3.8, 4) is 5.75 Å². The Morgan fingerprint density at radius 3 is 2.37 bits per heavy atom. The van der Waals surface area contributed by atoms with Crippen LogP contribution in [0.5, 0.6) is 5.75 Å². The van der Waals surface area contributed by atoms with Crippen LogP contribution >= 0.6 is 0 Å². The molecule has 248 valence electrons. The third-order valence-electron chi connectivity index (χ3n) is 9.78. The molecular weight excluding hydrogens is 608 g/mol. The molecule has 2 aromatic rings. The molecule has 9 nitrogen and oxygen atoms in total. The maximum Gasteiger partial charge on any atom is 0.408 e. The first-order valence-corrected chi connectivity index (χ1v) is 15.8. The summed E-state index contributed by atoms with van der Waals surface area (Å²) in [5.74, 6) is -7.36. The molecule has 13 heteroatoms. The fourth-order valence-corrected chi connectivity index (χ4v) is 7.46. The smallest absolute Gasteiger partial charge is 0.408 e. The predicted octanol–water partition coefficient (Wildman–Crippen LogP) is 4.92. The zero-order valence-electron chi connectivity index (χ0n) is 25.3. The van der Waals surface area contributed by atoms with Crippen LogP contribution in [0.2, 0.25) is 0 Å². The number of hydrogen-bond acceptors (Lipinski definition) is 5. The van der Waals surface area contributed by atoms with Gasteiger partial charge in [-0.05, 0) is 30.4 Å². The highest BCUT2D eigenvalue weighted by Crippen LogP contribution is 2.41. The van der Waals surface area contributed by atoms with Gasteiger partial charge in [-0.3, -0.25) is 19.4 Å². The van der Waals surface area contributed by atoms with Crippen molar-refractivity contribution in [1.29, 1.82) is 0 Å². The number of nitrogens with one attached hydrogen (secondary N) is 1. The van der Waals surface area contributed by atoms with E-state index < -0.39 is 85.6 Å². The molecule has 1 aliphatic carbocycles. The van der Waals surface area contributed by atoms with Gasteiger partial charge in [-0.2, -0.15) is 0 Å². The number of carbonyl (C=O) groups excluding carboxylic acids is 2. The maximum atomic E-state index is 14.7. The summed E-state index contributed by atoms with van der Waals surface area (Å²) in [4.78, 5) is 45.2. The first-order valence-electron chi connectivity index (χ1n) is 15.8. The van der Waals surface area contributed by atoms with E-state index in [4.69, 9.17) is 4.74 Å². The highest BCUT2D eigenvalue weighted by atomic mass is 19.3. The Morgan fingerprint density at radius 2 is 1.65 bits per heavy atom. The summed E-state index contributed by atoms with van der Waals surface area (Å²) in [6, 6.07) is 12.1. The lowest BCUT2D eigenvalue weighted by molar-refractivity contribution is -0.152. The molecule has 4 atom stereocenters. The molecule has 3 amide bonds. The van der Waals surface area contributed by atoms with Crippen LogP contribution in [0.1, 0.15) is 55.7 Å². The molecule has 3 fully saturated rings. The van der Waals surface area contributed by atoms with Crippen molar-refractivity contribution >= 4 is 17.9 Å².